The van der Waals surface area contributed by atoms with Gasteiger partial charge in [0.2, 0.25) is 5.90 Å². The number of hydrogen-bond donors (Lipinski definition) is 0. The molecule has 98 valence electrons. The van der Waals surface area contributed by atoms with Crippen molar-refractivity contribution in [3.8, 4) is 0 Å². The van der Waals surface area contributed by atoms with Gasteiger partial charge in [0.15, 0.2) is 5.70 Å². The Morgan fingerprint density at radius 3 is 2.65 bits per heavy atom. The van der Waals surface area contributed by atoms with Crippen LogP contribution in [0.5, 0.6) is 0 Å². The quantitative estimate of drug-likeness (QED) is 0.619. The fourth-order valence-corrected chi connectivity index (χ4v) is 1.85. The first-order valence-electron chi connectivity index (χ1n) is 6.22. The smallest absolute Gasteiger partial charge is 0.363 e. The zero-order valence-electron chi connectivity index (χ0n) is 10.9. The van der Waals surface area contributed by atoms with E-state index in [4.69, 9.17) is 4.74 Å². The highest BCUT2D eigenvalue weighted by Gasteiger charge is 2.23. The Hall–Kier alpha value is -2.75. The number of aliphatic imine (C=N–C) groups is 1. The summed E-state index contributed by atoms with van der Waals surface area (Å²) in [5, 5.41) is 0. The molecule has 0 amide bonds. The van der Waals surface area contributed by atoms with E-state index in [2.05, 4.69) is 9.98 Å². The van der Waals surface area contributed by atoms with Gasteiger partial charge in [-0.2, -0.15) is 0 Å². The van der Waals surface area contributed by atoms with Crippen molar-refractivity contribution in [2.45, 2.75) is 6.92 Å². The number of nitrogens with zero attached hydrogens (tertiary/aromatic N) is 2. The first kappa shape index (κ1) is 12.3. The van der Waals surface area contributed by atoms with Gasteiger partial charge in [0.1, 0.15) is 0 Å². The Kier molecular flexibility index (Phi) is 3.13. The number of carbonyl (C=O) groups excluding carboxylic acids is 1. The summed E-state index contributed by atoms with van der Waals surface area (Å²) in [6, 6.07) is 11.3. The van der Waals surface area contributed by atoms with Crippen LogP contribution in [0.4, 0.5) is 0 Å². The molecule has 3 rings (SSSR count). The van der Waals surface area contributed by atoms with E-state index in [1.807, 2.05) is 37.3 Å². The fraction of sp³-hybridized carbons (Fsp3) is 0.0625. The van der Waals surface area contributed by atoms with Gasteiger partial charge in [0.05, 0.1) is 0 Å². The van der Waals surface area contributed by atoms with Crippen LogP contribution in [0.1, 0.15) is 16.7 Å². The minimum atomic E-state index is -0.440. The highest BCUT2D eigenvalue weighted by atomic mass is 16.6. The number of pyridine rings is 1. The second-order valence-electron chi connectivity index (χ2n) is 4.49. The van der Waals surface area contributed by atoms with E-state index in [1.54, 1.807) is 24.5 Å². The standard InChI is InChI=1S/C16H12N2O2/c1-11-4-6-13(7-5-11)15-18-14(16(19)20-15)9-12-3-2-8-17-10-12/h2-10H,1H3. The number of aromatic nitrogens is 1. The fourth-order valence-electron chi connectivity index (χ4n) is 1.85. The maximum absolute atomic E-state index is 11.8. The van der Waals surface area contributed by atoms with Crippen LogP contribution in [0.2, 0.25) is 0 Å². The summed E-state index contributed by atoms with van der Waals surface area (Å²) < 4.78 is 5.19. The van der Waals surface area contributed by atoms with Gasteiger partial charge in [0, 0.05) is 18.0 Å². The second kappa shape index (κ2) is 5.09. The van der Waals surface area contributed by atoms with Crippen molar-refractivity contribution in [2.24, 2.45) is 4.99 Å². The summed E-state index contributed by atoms with van der Waals surface area (Å²) in [4.78, 5) is 20.0. The van der Waals surface area contributed by atoms with Crippen molar-refractivity contribution in [3.63, 3.8) is 0 Å². The number of aryl methyl sites for hydroxylation is 1. The Morgan fingerprint density at radius 1 is 1.15 bits per heavy atom. The number of cyclic esters (lactones) is 1. The minimum Gasteiger partial charge on any atom is -0.402 e. The van der Waals surface area contributed by atoms with Crippen LogP contribution < -0.4 is 0 Å². The zero-order chi connectivity index (χ0) is 13.9. The third-order valence-electron chi connectivity index (χ3n) is 2.91. The molecule has 0 atom stereocenters. The lowest BCUT2D eigenvalue weighted by Gasteiger charge is -1.99. The third kappa shape index (κ3) is 2.49. The average Bonchev–Trinajstić information content (AvgIpc) is 2.82. The van der Waals surface area contributed by atoms with Crippen molar-refractivity contribution in [2.75, 3.05) is 0 Å². The zero-order valence-corrected chi connectivity index (χ0v) is 10.9. The highest BCUT2D eigenvalue weighted by molar-refractivity contribution is 6.12. The molecule has 0 fully saturated rings. The number of rotatable bonds is 2. The number of benzene rings is 1. The number of esters is 1. The topological polar surface area (TPSA) is 51.5 Å². The molecule has 0 unspecified atom stereocenters. The summed E-state index contributed by atoms with van der Waals surface area (Å²) in [7, 11) is 0. The lowest BCUT2D eigenvalue weighted by Crippen LogP contribution is -2.05. The van der Waals surface area contributed by atoms with Crippen molar-refractivity contribution < 1.29 is 9.53 Å². The van der Waals surface area contributed by atoms with Gasteiger partial charge in [-0.25, -0.2) is 9.79 Å². The van der Waals surface area contributed by atoms with Crippen LogP contribution in [-0.2, 0) is 9.53 Å². The predicted octanol–water partition coefficient (Wildman–Crippen LogP) is 2.73. The molecule has 1 aromatic carbocycles. The van der Waals surface area contributed by atoms with Crippen LogP contribution >= 0.6 is 0 Å². The second-order valence-corrected chi connectivity index (χ2v) is 4.49. The Balaban J connectivity index is 1.93. The largest absolute Gasteiger partial charge is 0.402 e. The van der Waals surface area contributed by atoms with Gasteiger partial charge in [-0.05, 0) is 36.8 Å². The van der Waals surface area contributed by atoms with Gasteiger partial charge in [0.25, 0.3) is 0 Å². The van der Waals surface area contributed by atoms with E-state index in [-0.39, 0.29) is 5.70 Å². The normalized spacial score (nSPS) is 16.1. The van der Waals surface area contributed by atoms with E-state index in [0.29, 0.717) is 5.90 Å². The van der Waals surface area contributed by atoms with Crippen molar-refractivity contribution >= 4 is 17.9 Å². The van der Waals surface area contributed by atoms with E-state index in [9.17, 15) is 4.79 Å². The van der Waals surface area contributed by atoms with E-state index in [1.165, 1.54) is 0 Å². The van der Waals surface area contributed by atoms with E-state index < -0.39 is 5.97 Å². The van der Waals surface area contributed by atoms with Crippen molar-refractivity contribution in [1.82, 2.24) is 4.98 Å². The maximum atomic E-state index is 11.8. The molecular weight excluding hydrogens is 252 g/mol. The summed E-state index contributed by atoms with van der Waals surface area (Å²) in [6.45, 7) is 2.00. The average molecular weight is 264 g/mol. The van der Waals surface area contributed by atoms with E-state index in [0.717, 1.165) is 16.7 Å². The molecule has 1 aromatic heterocycles. The molecule has 4 heteroatoms. The Labute approximate surface area is 116 Å². The number of carbonyl (C=O) groups is 1. The van der Waals surface area contributed by atoms with Crippen LogP contribution in [0.15, 0.2) is 59.5 Å². The molecule has 4 nitrogen and oxygen atoms in total. The molecule has 0 spiro atoms. The van der Waals surface area contributed by atoms with Crippen molar-refractivity contribution in [1.29, 1.82) is 0 Å². The first-order valence-corrected chi connectivity index (χ1v) is 6.22. The maximum Gasteiger partial charge on any atom is 0.363 e. The molecule has 20 heavy (non-hydrogen) atoms. The molecule has 0 N–H and O–H groups in total. The van der Waals surface area contributed by atoms with Gasteiger partial charge in [-0.3, -0.25) is 4.98 Å². The van der Waals surface area contributed by atoms with Gasteiger partial charge in [-0.1, -0.05) is 23.8 Å². The van der Waals surface area contributed by atoms with Gasteiger partial charge in [-0.15, -0.1) is 0 Å². The van der Waals surface area contributed by atoms with Crippen molar-refractivity contribution in [3.05, 3.63) is 71.2 Å². The number of ether oxygens (including phenoxy) is 1. The molecular formula is C16H12N2O2. The SMILES string of the molecule is Cc1ccc(C2=NC(=Cc3cccnc3)C(=O)O2)cc1. The summed E-state index contributed by atoms with van der Waals surface area (Å²) in [5.41, 5.74) is 3.03. The molecule has 0 saturated heterocycles. The lowest BCUT2D eigenvalue weighted by molar-refractivity contribution is -0.129. The van der Waals surface area contributed by atoms with E-state index >= 15 is 0 Å². The Morgan fingerprint density at radius 2 is 1.95 bits per heavy atom. The van der Waals surface area contributed by atoms with Gasteiger partial charge < -0.3 is 4.74 Å². The van der Waals surface area contributed by atoms with Gasteiger partial charge >= 0.3 is 5.97 Å². The minimum absolute atomic E-state index is 0.286. The molecule has 0 radical (unpaired) electrons. The molecule has 2 aromatic rings. The highest BCUT2D eigenvalue weighted by Crippen LogP contribution is 2.18. The monoisotopic (exact) mass is 264 g/mol. The molecule has 2 heterocycles. The molecule has 1 aliphatic rings. The Bertz CT molecular complexity index is 701. The summed E-state index contributed by atoms with van der Waals surface area (Å²) in [6.07, 6.45) is 5.01. The summed E-state index contributed by atoms with van der Waals surface area (Å²) >= 11 is 0. The van der Waals surface area contributed by atoms with Crippen LogP contribution in [0.3, 0.4) is 0 Å². The third-order valence-corrected chi connectivity index (χ3v) is 2.91. The lowest BCUT2D eigenvalue weighted by atomic mass is 10.1. The molecule has 0 aliphatic carbocycles. The predicted molar refractivity (Wildman–Crippen MR) is 76.0 cm³/mol. The van der Waals surface area contributed by atoms with Crippen LogP contribution in [0.25, 0.3) is 6.08 Å². The van der Waals surface area contributed by atoms with Crippen LogP contribution in [-0.4, -0.2) is 16.9 Å². The van der Waals surface area contributed by atoms with Crippen LogP contribution in [0, 0.1) is 6.92 Å². The first-order chi connectivity index (χ1) is 9.72. The number of hydrogen-bond acceptors (Lipinski definition) is 4. The summed E-state index contributed by atoms with van der Waals surface area (Å²) in [5.74, 6) is -0.102. The molecule has 0 bridgehead atoms. The molecule has 1 aliphatic heterocycles. The molecule has 0 saturated carbocycles.